The fourth-order valence-corrected chi connectivity index (χ4v) is 2.94. The molecule has 5 heteroatoms. The van der Waals surface area contributed by atoms with Crippen LogP contribution in [-0.2, 0) is 11.2 Å². The first-order valence-corrected chi connectivity index (χ1v) is 8.34. The number of amides is 1. The number of halogens is 2. The molecule has 130 valence electrons. The summed E-state index contributed by atoms with van der Waals surface area (Å²) in [6.45, 7) is 2.86. The van der Waals surface area contributed by atoms with Crippen LogP contribution >= 0.6 is 0 Å². The summed E-state index contributed by atoms with van der Waals surface area (Å²) in [5.74, 6) is -1.79. The summed E-state index contributed by atoms with van der Waals surface area (Å²) in [7, 11) is 0. The van der Waals surface area contributed by atoms with Crippen molar-refractivity contribution in [3.8, 4) is 0 Å². The lowest BCUT2D eigenvalue weighted by Crippen LogP contribution is -2.25. The van der Waals surface area contributed by atoms with E-state index >= 15 is 0 Å². The van der Waals surface area contributed by atoms with Gasteiger partial charge in [-0.1, -0.05) is 18.2 Å². The van der Waals surface area contributed by atoms with Gasteiger partial charge >= 0.3 is 0 Å². The summed E-state index contributed by atoms with van der Waals surface area (Å²) in [6.07, 6.45) is 4.42. The quantitative estimate of drug-likeness (QED) is 0.817. The van der Waals surface area contributed by atoms with Crippen molar-refractivity contribution in [3.05, 3.63) is 70.8 Å². The third-order valence-electron chi connectivity index (χ3n) is 4.33. The van der Waals surface area contributed by atoms with Crippen LogP contribution in [0.25, 0.3) is 6.08 Å². The SMILES string of the molecule is CC(NC(=O)/C=C/c1c(F)cccc1F)c1ccc2c(c1)CCCN2. The van der Waals surface area contributed by atoms with Gasteiger partial charge in [-0.3, -0.25) is 4.79 Å². The number of carbonyl (C=O) groups is 1. The van der Waals surface area contributed by atoms with Crippen LogP contribution in [0.4, 0.5) is 14.5 Å². The van der Waals surface area contributed by atoms with Crippen molar-refractivity contribution in [3.63, 3.8) is 0 Å². The Labute approximate surface area is 145 Å². The number of carbonyl (C=O) groups excluding carboxylic acids is 1. The number of hydrogen-bond donors (Lipinski definition) is 2. The monoisotopic (exact) mass is 342 g/mol. The molecule has 1 heterocycles. The molecule has 2 N–H and O–H groups in total. The Morgan fingerprint density at radius 2 is 2.00 bits per heavy atom. The topological polar surface area (TPSA) is 41.1 Å². The fraction of sp³-hybridized carbons (Fsp3) is 0.250. The maximum absolute atomic E-state index is 13.6. The number of nitrogens with one attached hydrogen (secondary N) is 2. The minimum absolute atomic E-state index is 0.199. The van der Waals surface area contributed by atoms with Crippen molar-refractivity contribution in [2.75, 3.05) is 11.9 Å². The highest BCUT2D eigenvalue weighted by molar-refractivity contribution is 5.92. The lowest BCUT2D eigenvalue weighted by atomic mass is 9.98. The van der Waals surface area contributed by atoms with Gasteiger partial charge in [-0.25, -0.2) is 8.78 Å². The maximum Gasteiger partial charge on any atom is 0.244 e. The molecule has 1 unspecified atom stereocenters. The maximum atomic E-state index is 13.6. The van der Waals surface area contributed by atoms with Gasteiger partial charge in [-0.15, -0.1) is 0 Å². The van der Waals surface area contributed by atoms with Crippen molar-refractivity contribution >= 4 is 17.7 Å². The zero-order valence-electron chi connectivity index (χ0n) is 14.0. The van der Waals surface area contributed by atoms with Crippen LogP contribution in [0, 0.1) is 11.6 Å². The minimum atomic E-state index is -0.695. The van der Waals surface area contributed by atoms with E-state index in [0.29, 0.717) is 0 Å². The molecule has 2 aromatic carbocycles. The average molecular weight is 342 g/mol. The molecule has 1 atom stereocenters. The van der Waals surface area contributed by atoms with E-state index in [2.05, 4.69) is 16.7 Å². The molecule has 25 heavy (non-hydrogen) atoms. The van der Waals surface area contributed by atoms with E-state index in [1.54, 1.807) is 0 Å². The minimum Gasteiger partial charge on any atom is -0.385 e. The number of anilines is 1. The lowest BCUT2D eigenvalue weighted by Gasteiger charge is -2.21. The van der Waals surface area contributed by atoms with E-state index in [1.807, 2.05) is 19.1 Å². The second-order valence-electron chi connectivity index (χ2n) is 6.15. The third kappa shape index (κ3) is 4.05. The summed E-state index contributed by atoms with van der Waals surface area (Å²) >= 11 is 0. The Morgan fingerprint density at radius 3 is 2.76 bits per heavy atom. The van der Waals surface area contributed by atoms with Crippen LogP contribution in [0.1, 0.15) is 36.1 Å². The smallest absolute Gasteiger partial charge is 0.244 e. The Morgan fingerprint density at radius 1 is 1.24 bits per heavy atom. The summed E-state index contributed by atoms with van der Waals surface area (Å²) in [4.78, 5) is 12.1. The van der Waals surface area contributed by atoms with Crippen molar-refractivity contribution in [2.24, 2.45) is 0 Å². The number of rotatable bonds is 4. The van der Waals surface area contributed by atoms with Crippen molar-refractivity contribution in [1.82, 2.24) is 5.32 Å². The van der Waals surface area contributed by atoms with E-state index in [0.717, 1.165) is 54.9 Å². The van der Waals surface area contributed by atoms with E-state index in [-0.39, 0.29) is 11.6 Å². The van der Waals surface area contributed by atoms with Crippen LogP contribution < -0.4 is 10.6 Å². The standard InChI is InChI=1S/C20H20F2N2O/c1-13(14-7-9-19-15(12-14)4-3-11-23-19)24-20(25)10-8-16-17(21)5-2-6-18(16)22/h2,5-10,12-13,23H,3-4,11H2,1H3,(H,24,25)/b10-8+. The van der Waals surface area contributed by atoms with E-state index < -0.39 is 17.5 Å². The van der Waals surface area contributed by atoms with Gasteiger partial charge in [-0.2, -0.15) is 0 Å². The molecule has 0 spiro atoms. The second-order valence-corrected chi connectivity index (χ2v) is 6.15. The summed E-state index contributed by atoms with van der Waals surface area (Å²) in [6, 6.07) is 9.49. The highest BCUT2D eigenvalue weighted by atomic mass is 19.1. The molecule has 3 nitrogen and oxygen atoms in total. The van der Waals surface area contributed by atoms with Gasteiger partial charge in [0.25, 0.3) is 0 Å². The van der Waals surface area contributed by atoms with E-state index in [1.165, 1.54) is 11.6 Å². The molecule has 0 aromatic heterocycles. The molecule has 0 bridgehead atoms. The Kier molecular flexibility index (Phi) is 5.12. The molecule has 0 saturated heterocycles. The molecule has 1 aliphatic rings. The summed E-state index contributed by atoms with van der Waals surface area (Å²) in [5.41, 5.74) is 3.17. The first-order chi connectivity index (χ1) is 12.0. The van der Waals surface area contributed by atoms with Crippen LogP contribution in [-0.4, -0.2) is 12.5 Å². The Balaban J connectivity index is 1.67. The van der Waals surface area contributed by atoms with Gasteiger partial charge in [0.2, 0.25) is 5.91 Å². The third-order valence-corrected chi connectivity index (χ3v) is 4.33. The van der Waals surface area contributed by atoms with Gasteiger partial charge in [0.1, 0.15) is 11.6 Å². The van der Waals surface area contributed by atoms with Crippen LogP contribution in [0.3, 0.4) is 0 Å². The number of benzene rings is 2. The van der Waals surface area contributed by atoms with Gasteiger partial charge in [0.05, 0.1) is 6.04 Å². The molecule has 1 amide bonds. The number of aryl methyl sites for hydroxylation is 1. The molecule has 1 aliphatic heterocycles. The first kappa shape index (κ1) is 17.1. The van der Waals surface area contributed by atoms with Gasteiger partial charge in [0.15, 0.2) is 0 Å². The first-order valence-electron chi connectivity index (χ1n) is 8.34. The van der Waals surface area contributed by atoms with Crippen LogP contribution in [0.5, 0.6) is 0 Å². The predicted molar refractivity (Wildman–Crippen MR) is 95.2 cm³/mol. The van der Waals surface area contributed by atoms with Crippen molar-refractivity contribution < 1.29 is 13.6 Å². The molecular formula is C20H20F2N2O. The van der Waals surface area contributed by atoms with Crippen molar-refractivity contribution in [1.29, 1.82) is 0 Å². The zero-order valence-corrected chi connectivity index (χ0v) is 14.0. The van der Waals surface area contributed by atoms with Crippen LogP contribution in [0.15, 0.2) is 42.5 Å². The van der Waals surface area contributed by atoms with Gasteiger partial charge < -0.3 is 10.6 Å². The van der Waals surface area contributed by atoms with Crippen LogP contribution in [0.2, 0.25) is 0 Å². The Hall–Kier alpha value is -2.69. The van der Waals surface area contributed by atoms with E-state index in [9.17, 15) is 13.6 Å². The predicted octanol–water partition coefficient (Wildman–Crippen LogP) is 4.21. The molecule has 3 rings (SSSR count). The van der Waals surface area contributed by atoms with Gasteiger partial charge in [0, 0.05) is 23.9 Å². The largest absolute Gasteiger partial charge is 0.385 e. The zero-order chi connectivity index (χ0) is 17.8. The number of hydrogen-bond acceptors (Lipinski definition) is 2. The van der Waals surface area contributed by atoms with Gasteiger partial charge in [-0.05, 0) is 55.2 Å². The normalized spacial score (nSPS) is 14.7. The summed E-state index contributed by atoms with van der Waals surface area (Å²) < 4.78 is 27.1. The fourth-order valence-electron chi connectivity index (χ4n) is 2.94. The number of fused-ring (bicyclic) bond motifs is 1. The molecular weight excluding hydrogens is 322 g/mol. The molecule has 2 aromatic rings. The lowest BCUT2D eigenvalue weighted by molar-refractivity contribution is -0.117. The van der Waals surface area contributed by atoms with Crippen molar-refractivity contribution in [2.45, 2.75) is 25.8 Å². The highest BCUT2D eigenvalue weighted by Gasteiger charge is 2.13. The molecule has 0 radical (unpaired) electrons. The van der Waals surface area contributed by atoms with E-state index in [4.69, 9.17) is 0 Å². The molecule has 0 saturated carbocycles. The highest BCUT2D eigenvalue weighted by Crippen LogP contribution is 2.25. The average Bonchev–Trinajstić information content (AvgIpc) is 2.61. The molecule has 0 aliphatic carbocycles. The summed E-state index contributed by atoms with van der Waals surface area (Å²) in [5, 5.41) is 6.17. The Bertz CT molecular complexity index is 797. The second kappa shape index (κ2) is 7.47. The molecule has 0 fully saturated rings.